The van der Waals surface area contributed by atoms with Crippen molar-refractivity contribution in [3.8, 4) is 0 Å². The molecule has 4 nitrogen and oxygen atoms in total. The first kappa shape index (κ1) is 5.42. The summed E-state index contributed by atoms with van der Waals surface area (Å²) in [7, 11) is 0. The smallest absolute Gasteiger partial charge is 0.450 e. The fourth-order valence-corrected chi connectivity index (χ4v) is 0.115. The Morgan fingerprint density at radius 2 is 2.33 bits per heavy atom. The Morgan fingerprint density at radius 1 is 1.83 bits per heavy atom. The Balaban J connectivity index is 3.30. The number of carboxylic acid groups (broad SMARTS) is 1. The van der Waals surface area contributed by atoms with Gasteiger partial charge in [-0.3, -0.25) is 0 Å². The van der Waals surface area contributed by atoms with E-state index in [0.717, 1.165) is 0 Å². The summed E-state index contributed by atoms with van der Waals surface area (Å²) < 4.78 is 2.66. The minimum atomic E-state index is -1.33. The highest BCUT2D eigenvalue weighted by Gasteiger charge is 1.81. The lowest BCUT2D eigenvalue weighted by Gasteiger charge is -1.66. The van der Waals surface area contributed by atoms with E-state index in [1.807, 2.05) is 0 Å². The fraction of sp³-hybridized carbons (Fsp3) is 0. The minimum Gasteiger partial charge on any atom is -0.462 e. The van der Waals surface area contributed by atoms with Crippen LogP contribution in [-0.2, 0) is 0 Å². The Hall–Kier alpha value is -0.580. The molecule has 0 aromatic carbocycles. The maximum Gasteiger partial charge on any atom is 0.450 e. The van der Waals surface area contributed by atoms with E-state index in [4.69, 9.17) is 5.11 Å². The van der Waals surface area contributed by atoms with E-state index in [9.17, 15) is 4.79 Å². The average Bonchev–Trinajstić information content (AvgIpc) is 1.35. The second kappa shape index (κ2) is 2.65. The van der Waals surface area contributed by atoms with Crippen molar-refractivity contribution in [3.05, 3.63) is 0 Å². The second-order valence-electron chi connectivity index (χ2n) is 0.472. The lowest BCUT2D eigenvalue weighted by molar-refractivity contribution is 0.204. The Kier molecular flexibility index (Phi) is 2.39. The molecule has 6 heavy (non-hydrogen) atoms. The molecule has 0 spiro atoms. The molecule has 0 bridgehead atoms. The van der Waals surface area contributed by atoms with Crippen molar-refractivity contribution >= 4 is 18.9 Å². The highest BCUT2D eigenvalue weighted by molar-refractivity contribution is 7.78. The first-order valence-electron chi connectivity index (χ1n) is 1.05. The van der Waals surface area contributed by atoms with Gasteiger partial charge in [0, 0.05) is 0 Å². The maximum absolute atomic E-state index is 9.29. The van der Waals surface area contributed by atoms with Crippen molar-refractivity contribution in [2.75, 3.05) is 0 Å². The molecule has 0 aliphatic carbocycles. The second-order valence-corrected chi connectivity index (χ2v) is 0.651. The molecule has 0 rings (SSSR count). The number of thiol groups is 1. The summed E-state index contributed by atoms with van der Waals surface area (Å²) in [5, 5.41) is 10.1. The van der Waals surface area contributed by atoms with Gasteiger partial charge in [0.15, 0.2) is 0 Å². The molecule has 1 N–H and O–H groups in total. The SMILES string of the molecule is O=C(O)N=NS. The van der Waals surface area contributed by atoms with E-state index >= 15 is 0 Å². The molecule has 0 heterocycles. The Bertz CT molecular complexity index is 79.6. The van der Waals surface area contributed by atoms with Crippen molar-refractivity contribution in [1.29, 1.82) is 0 Å². The van der Waals surface area contributed by atoms with Gasteiger partial charge in [-0.05, 0) is 12.8 Å². The fourth-order valence-electron chi connectivity index (χ4n) is 0.0383. The van der Waals surface area contributed by atoms with Crippen LogP contribution in [0.1, 0.15) is 0 Å². The third-order valence-electron chi connectivity index (χ3n) is 0.130. The van der Waals surface area contributed by atoms with Gasteiger partial charge in [-0.1, -0.05) is 5.11 Å². The zero-order chi connectivity index (χ0) is 4.99. The van der Waals surface area contributed by atoms with Crippen LogP contribution in [0.15, 0.2) is 9.63 Å². The van der Waals surface area contributed by atoms with Crippen molar-refractivity contribution in [1.82, 2.24) is 0 Å². The van der Waals surface area contributed by atoms with Crippen LogP contribution in [0, 0.1) is 0 Å². The highest BCUT2D eigenvalue weighted by Crippen LogP contribution is 1.77. The molecule has 0 aromatic heterocycles. The molecular weight excluding hydrogens is 104 g/mol. The van der Waals surface area contributed by atoms with Crippen molar-refractivity contribution in [3.63, 3.8) is 0 Å². The summed E-state index contributed by atoms with van der Waals surface area (Å²) in [5.41, 5.74) is 0. The predicted molar refractivity (Wildman–Crippen MR) is 21.9 cm³/mol. The van der Waals surface area contributed by atoms with Crippen LogP contribution in [-0.4, -0.2) is 11.2 Å². The normalized spacial score (nSPS) is 9.50. The van der Waals surface area contributed by atoms with Gasteiger partial charge in [0.1, 0.15) is 0 Å². The molecule has 34 valence electrons. The highest BCUT2D eigenvalue weighted by atomic mass is 32.1. The van der Waals surface area contributed by atoms with E-state index in [-0.39, 0.29) is 0 Å². The van der Waals surface area contributed by atoms with Crippen LogP contribution in [0.5, 0.6) is 0 Å². The van der Waals surface area contributed by atoms with E-state index in [1.165, 1.54) is 0 Å². The topological polar surface area (TPSA) is 62.0 Å². The molecule has 0 aliphatic rings. The summed E-state index contributed by atoms with van der Waals surface area (Å²) in [6.45, 7) is 0. The summed E-state index contributed by atoms with van der Waals surface area (Å²) >= 11 is 3.14. The zero-order valence-corrected chi connectivity index (χ0v) is 3.59. The monoisotopic (exact) mass is 106 g/mol. The molecular formula is CH2N2O2S. The molecule has 1 amide bonds. The molecule has 0 saturated carbocycles. The first-order valence-corrected chi connectivity index (χ1v) is 1.45. The lowest BCUT2D eigenvalue weighted by atomic mass is 11.3. The number of carbonyl (C=O) groups is 1. The summed E-state index contributed by atoms with van der Waals surface area (Å²) in [5.74, 6) is 0. The summed E-state index contributed by atoms with van der Waals surface area (Å²) in [4.78, 5) is 9.29. The van der Waals surface area contributed by atoms with Crippen LogP contribution in [0.2, 0.25) is 0 Å². The molecule has 0 atom stereocenters. The van der Waals surface area contributed by atoms with Gasteiger partial charge < -0.3 is 5.11 Å². The minimum absolute atomic E-state index is 1.33. The van der Waals surface area contributed by atoms with Gasteiger partial charge in [0.2, 0.25) is 0 Å². The molecule has 0 aromatic rings. The standard InChI is InChI=1S/CH2N2O2S/c4-1(5)2-3-6/h(H,2,6)(H,4,5). The van der Waals surface area contributed by atoms with E-state index in [2.05, 4.69) is 22.4 Å². The molecule has 0 radical (unpaired) electrons. The van der Waals surface area contributed by atoms with Gasteiger partial charge >= 0.3 is 6.09 Å². The maximum atomic E-state index is 9.29. The number of hydrogen-bond acceptors (Lipinski definition) is 2. The number of rotatable bonds is 0. The summed E-state index contributed by atoms with van der Waals surface area (Å²) in [6, 6.07) is 0. The van der Waals surface area contributed by atoms with Crippen molar-refractivity contribution in [2.45, 2.75) is 0 Å². The summed E-state index contributed by atoms with van der Waals surface area (Å²) in [6.07, 6.45) is -1.33. The van der Waals surface area contributed by atoms with E-state index < -0.39 is 6.09 Å². The zero-order valence-electron chi connectivity index (χ0n) is 2.70. The number of hydrogen-bond donors (Lipinski definition) is 2. The Labute approximate surface area is 39.4 Å². The van der Waals surface area contributed by atoms with Crippen molar-refractivity contribution in [2.24, 2.45) is 9.63 Å². The van der Waals surface area contributed by atoms with Crippen LogP contribution in [0.3, 0.4) is 0 Å². The predicted octanol–water partition coefficient (Wildman–Crippen LogP) is 0.961. The van der Waals surface area contributed by atoms with Gasteiger partial charge in [-0.2, -0.15) is 0 Å². The number of amides is 1. The molecule has 0 saturated heterocycles. The van der Waals surface area contributed by atoms with Gasteiger partial charge in [-0.25, -0.2) is 4.79 Å². The lowest BCUT2D eigenvalue weighted by Crippen LogP contribution is -1.78. The van der Waals surface area contributed by atoms with Crippen LogP contribution in [0.25, 0.3) is 0 Å². The van der Waals surface area contributed by atoms with E-state index in [1.54, 1.807) is 0 Å². The average molecular weight is 106 g/mol. The largest absolute Gasteiger partial charge is 0.462 e. The quantitative estimate of drug-likeness (QED) is 0.357. The molecule has 5 heteroatoms. The van der Waals surface area contributed by atoms with Gasteiger partial charge in [0.25, 0.3) is 0 Å². The molecule has 0 unspecified atom stereocenters. The number of nitrogens with zero attached hydrogens (tertiary/aromatic N) is 2. The van der Waals surface area contributed by atoms with Crippen molar-refractivity contribution < 1.29 is 9.90 Å². The first-order chi connectivity index (χ1) is 2.77. The third-order valence-corrected chi connectivity index (χ3v) is 0.220. The molecule has 0 fully saturated rings. The third kappa shape index (κ3) is 3.42. The van der Waals surface area contributed by atoms with Gasteiger partial charge in [0.05, 0.1) is 0 Å². The van der Waals surface area contributed by atoms with Crippen LogP contribution >= 0.6 is 12.8 Å². The Morgan fingerprint density at radius 3 is 2.33 bits per heavy atom. The van der Waals surface area contributed by atoms with Gasteiger partial charge in [-0.15, -0.1) is 4.52 Å². The van der Waals surface area contributed by atoms with Crippen LogP contribution in [0.4, 0.5) is 4.79 Å². The van der Waals surface area contributed by atoms with Crippen LogP contribution < -0.4 is 0 Å². The molecule has 0 aliphatic heterocycles. The van der Waals surface area contributed by atoms with E-state index in [0.29, 0.717) is 0 Å².